The van der Waals surface area contributed by atoms with Crippen molar-refractivity contribution in [2.24, 2.45) is 0 Å². The Bertz CT molecular complexity index is 246. The molecule has 0 aliphatic heterocycles. The monoisotopic (exact) mass is 229 g/mol. The zero-order valence-electron chi connectivity index (χ0n) is 11.1. The molecule has 3 heteroatoms. The van der Waals surface area contributed by atoms with E-state index in [-0.39, 0.29) is 5.83 Å². The predicted molar refractivity (Wildman–Crippen MR) is 69.0 cm³/mol. The summed E-state index contributed by atoms with van der Waals surface area (Å²) in [6.45, 7) is 14.2. The average Bonchev–Trinajstić information content (AvgIpc) is 2.26. The van der Waals surface area contributed by atoms with Crippen LogP contribution in [0.5, 0.6) is 0 Å². The highest BCUT2D eigenvalue weighted by molar-refractivity contribution is 5.27. The minimum atomic E-state index is -0.351. The number of ether oxygens (including phenoxy) is 1. The summed E-state index contributed by atoms with van der Waals surface area (Å²) in [5.74, 6) is -0.351. The lowest BCUT2D eigenvalue weighted by molar-refractivity contribution is 0.173. The van der Waals surface area contributed by atoms with Gasteiger partial charge in [-0.2, -0.15) is 0 Å². The van der Waals surface area contributed by atoms with Crippen molar-refractivity contribution in [2.75, 3.05) is 27.3 Å². The lowest BCUT2D eigenvalue weighted by Gasteiger charge is -2.19. The molecular weight excluding hydrogens is 205 g/mol. The molecule has 0 bridgehead atoms. The van der Waals surface area contributed by atoms with Crippen LogP contribution in [0.4, 0.5) is 4.39 Å². The third-order valence-electron chi connectivity index (χ3n) is 1.74. The molecule has 0 saturated heterocycles. The molecule has 16 heavy (non-hydrogen) atoms. The van der Waals surface area contributed by atoms with E-state index in [1.165, 1.54) is 6.08 Å². The molecule has 2 nitrogen and oxygen atoms in total. The molecule has 0 unspecified atom stereocenters. The first-order chi connectivity index (χ1) is 7.49. The van der Waals surface area contributed by atoms with E-state index in [1.807, 2.05) is 13.8 Å². The topological polar surface area (TPSA) is 12.5 Å². The highest BCUT2D eigenvalue weighted by Crippen LogP contribution is 2.14. The number of hydrogen-bond donors (Lipinski definition) is 0. The summed E-state index contributed by atoms with van der Waals surface area (Å²) in [4.78, 5) is 1.71. The molecule has 0 spiro atoms. The van der Waals surface area contributed by atoms with Gasteiger partial charge in [0.2, 0.25) is 0 Å². The van der Waals surface area contributed by atoms with Gasteiger partial charge in [-0.15, -0.1) is 0 Å². The number of hydrogen-bond acceptors (Lipinski definition) is 2. The number of rotatable bonds is 6. The minimum Gasteiger partial charge on any atom is -0.383 e. The Kier molecular flexibility index (Phi) is 11.3. The highest BCUT2D eigenvalue weighted by atomic mass is 19.1. The number of halogens is 1. The van der Waals surface area contributed by atoms with Gasteiger partial charge in [-0.05, 0) is 13.0 Å². The van der Waals surface area contributed by atoms with E-state index in [9.17, 15) is 4.39 Å². The predicted octanol–water partition coefficient (Wildman–Crippen LogP) is 3.53. The molecule has 0 aromatic heterocycles. The van der Waals surface area contributed by atoms with Crippen LogP contribution in [0.15, 0.2) is 36.3 Å². The Hall–Kier alpha value is -1.09. The summed E-state index contributed by atoms with van der Waals surface area (Å²) >= 11 is 0. The smallest absolute Gasteiger partial charge is 0.146 e. The molecule has 0 atom stereocenters. The quantitative estimate of drug-likeness (QED) is 0.646. The van der Waals surface area contributed by atoms with E-state index in [4.69, 9.17) is 4.74 Å². The van der Waals surface area contributed by atoms with Crippen molar-refractivity contribution in [3.8, 4) is 0 Å². The normalized spacial score (nSPS) is 10.2. The molecule has 0 amide bonds. The molecule has 0 rings (SSSR count). The first-order valence-corrected chi connectivity index (χ1v) is 5.41. The first kappa shape index (κ1) is 17.3. The molecule has 0 N–H and O–H groups in total. The lowest BCUT2D eigenvalue weighted by Crippen LogP contribution is -2.22. The molecule has 0 aromatic carbocycles. The van der Waals surface area contributed by atoms with Crippen LogP contribution < -0.4 is 0 Å². The van der Waals surface area contributed by atoms with Crippen LogP contribution in [-0.2, 0) is 4.74 Å². The molecule has 0 heterocycles. The Morgan fingerprint density at radius 2 is 1.88 bits per heavy atom. The third-order valence-corrected chi connectivity index (χ3v) is 1.74. The molecular formula is C13H24FNO. The zero-order valence-corrected chi connectivity index (χ0v) is 11.1. The summed E-state index contributed by atoms with van der Waals surface area (Å²) in [5.41, 5.74) is 1.02. The summed E-state index contributed by atoms with van der Waals surface area (Å²) < 4.78 is 18.2. The maximum atomic E-state index is 13.3. The van der Waals surface area contributed by atoms with Gasteiger partial charge in [-0.3, -0.25) is 0 Å². The second-order valence-electron chi connectivity index (χ2n) is 3.20. The summed E-state index contributed by atoms with van der Waals surface area (Å²) in [7, 11) is 3.38. The van der Waals surface area contributed by atoms with Crippen molar-refractivity contribution in [1.82, 2.24) is 4.90 Å². The van der Waals surface area contributed by atoms with Crippen LogP contribution in [0.2, 0.25) is 0 Å². The van der Waals surface area contributed by atoms with E-state index in [2.05, 4.69) is 13.2 Å². The van der Waals surface area contributed by atoms with Crippen LogP contribution >= 0.6 is 0 Å². The Morgan fingerprint density at radius 1 is 1.38 bits per heavy atom. The fourth-order valence-corrected chi connectivity index (χ4v) is 0.845. The average molecular weight is 229 g/mol. The SMILES string of the molecule is C=C(C)/C=C(/F)C(=C)N(C)CCOC.CC. The van der Waals surface area contributed by atoms with Gasteiger partial charge in [0, 0.05) is 20.7 Å². The van der Waals surface area contributed by atoms with Gasteiger partial charge in [0.25, 0.3) is 0 Å². The number of likely N-dealkylation sites (N-methyl/N-ethyl adjacent to an activating group) is 1. The Labute approximate surface area is 99.1 Å². The van der Waals surface area contributed by atoms with Crippen molar-refractivity contribution >= 4 is 0 Å². The van der Waals surface area contributed by atoms with E-state index in [0.29, 0.717) is 24.4 Å². The van der Waals surface area contributed by atoms with Gasteiger partial charge in [0.15, 0.2) is 0 Å². The van der Waals surface area contributed by atoms with Crippen LogP contribution in [0.1, 0.15) is 20.8 Å². The van der Waals surface area contributed by atoms with Gasteiger partial charge in [-0.25, -0.2) is 4.39 Å². The first-order valence-electron chi connectivity index (χ1n) is 5.41. The Morgan fingerprint density at radius 3 is 2.25 bits per heavy atom. The van der Waals surface area contributed by atoms with Gasteiger partial charge in [0.1, 0.15) is 5.83 Å². The second kappa shape index (κ2) is 10.4. The highest BCUT2D eigenvalue weighted by Gasteiger charge is 2.06. The van der Waals surface area contributed by atoms with E-state index >= 15 is 0 Å². The maximum Gasteiger partial charge on any atom is 0.146 e. The van der Waals surface area contributed by atoms with E-state index in [0.717, 1.165) is 0 Å². The van der Waals surface area contributed by atoms with Crippen molar-refractivity contribution in [2.45, 2.75) is 20.8 Å². The van der Waals surface area contributed by atoms with Crippen molar-refractivity contribution < 1.29 is 9.13 Å². The molecule has 0 aliphatic carbocycles. The molecule has 0 saturated carbocycles. The summed E-state index contributed by atoms with van der Waals surface area (Å²) in [5, 5.41) is 0. The molecule has 94 valence electrons. The Balaban J connectivity index is 0. The molecule has 0 radical (unpaired) electrons. The molecule has 0 fully saturated rings. The van der Waals surface area contributed by atoms with Gasteiger partial charge < -0.3 is 9.64 Å². The van der Waals surface area contributed by atoms with Gasteiger partial charge in [0.05, 0.1) is 12.3 Å². The second-order valence-corrected chi connectivity index (χ2v) is 3.20. The van der Waals surface area contributed by atoms with Gasteiger partial charge >= 0.3 is 0 Å². The third kappa shape index (κ3) is 8.24. The number of allylic oxidation sites excluding steroid dienone is 3. The zero-order chi connectivity index (χ0) is 13.1. The standard InChI is InChI=1S/C11H18FNO.C2H6/c1-9(2)8-11(12)10(3)13(4)6-7-14-5;1-2/h8H,1,3,6-7H2,2,4-5H3;1-2H3/b11-8+;. The number of nitrogens with zero attached hydrogens (tertiary/aromatic N) is 1. The minimum absolute atomic E-state index is 0.351. The van der Waals surface area contributed by atoms with E-state index < -0.39 is 0 Å². The maximum absolute atomic E-state index is 13.3. The van der Waals surface area contributed by atoms with Crippen LogP contribution in [0, 0.1) is 0 Å². The number of methoxy groups -OCH3 is 1. The fraction of sp³-hybridized carbons (Fsp3) is 0.538. The van der Waals surface area contributed by atoms with Crippen molar-refractivity contribution in [1.29, 1.82) is 0 Å². The van der Waals surface area contributed by atoms with Crippen LogP contribution in [-0.4, -0.2) is 32.2 Å². The summed E-state index contributed by atoms with van der Waals surface area (Å²) in [6.07, 6.45) is 1.37. The van der Waals surface area contributed by atoms with Crippen LogP contribution in [0.3, 0.4) is 0 Å². The largest absolute Gasteiger partial charge is 0.383 e. The molecule has 0 aromatic rings. The lowest BCUT2D eigenvalue weighted by atomic mass is 10.2. The van der Waals surface area contributed by atoms with Gasteiger partial charge in [-0.1, -0.05) is 32.6 Å². The fourth-order valence-electron chi connectivity index (χ4n) is 0.845. The molecule has 0 aliphatic rings. The van der Waals surface area contributed by atoms with Crippen LogP contribution in [0.25, 0.3) is 0 Å². The van der Waals surface area contributed by atoms with Crippen molar-refractivity contribution in [3.63, 3.8) is 0 Å². The van der Waals surface area contributed by atoms with E-state index in [1.54, 1.807) is 26.0 Å². The summed E-state index contributed by atoms with van der Waals surface area (Å²) in [6, 6.07) is 0. The van der Waals surface area contributed by atoms with Crippen molar-refractivity contribution in [3.05, 3.63) is 36.3 Å².